The number of carbonyl (C=O) groups excluding carboxylic acids is 1. The molecule has 0 bridgehead atoms. The van der Waals surface area contributed by atoms with Gasteiger partial charge in [-0.1, -0.05) is 23.8 Å². The zero-order valence-corrected chi connectivity index (χ0v) is 18.4. The number of sulfone groups is 1. The molecule has 3 heterocycles. The van der Waals surface area contributed by atoms with Crippen molar-refractivity contribution < 1.29 is 22.7 Å². The summed E-state index contributed by atoms with van der Waals surface area (Å²) in [5, 5.41) is 7.37. The summed E-state index contributed by atoms with van der Waals surface area (Å²) in [6, 6.07) is 11.3. The van der Waals surface area contributed by atoms with Gasteiger partial charge in [0.05, 0.1) is 22.9 Å². The Morgan fingerprint density at radius 2 is 1.91 bits per heavy atom. The number of rotatable bonds is 4. The molecule has 0 spiro atoms. The molecule has 0 radical (unpaired) electrons. The number of aromatic nitrogens is 2. The first-order chi connectivity index (χ1) is 15.3. The van der Waals surface area contributed by atoms with Crippen molar-refractivity contribution in [3.8, 4) is 17.2 Å². The molecule has 0 atom stereocenters. The van der Waals surface area contributed by atoms with Crippen LogP contribution in [0.25, 0.3) is 11.8 Å². The van der Waals surface area contributed by atoms with Gasteiger partial charge in [-0.3, -0.25) is 4.79 Å². The maximum absolute atomic E-state index is 12.8. The van der Waals surface area contributed by atoms with Gasteiger partial charge in [0.1, 0.15) is 5.82 Å². The van der Waals surface area contributed by atoms with Crippen LogP contribution in [0.1, 0.15) is 27.9 Å². The summed E-state index contributed by atoms with van der Waals surface area (Å²) in [5.41, 5.74) is 4.65. The summed E-state index contributed by atoms with van der Waals surface area (Å²) in [6.07, 6.45) is 3.05. The van der Waals surface area contributed by atoms with Gasteiger partial charge in [0, 0.05) is 11.6 Å². The average Bonchev–Trinajstić information content (AvgIpc) is 3.39. The summed E-state index contributed by atoms with van der Waals surface area (Å²) >= 11 is 0. The van der Waals surface area contributed by atoms with Crippen molar-refractivity contribution in [2.24, 2.45) is 0 Å². The number of hydrogen-bond acceptors (Lipinski definition) is 6. The molecule has 2 aliphatic rings. The minimum atomic E-state index is -3.27. The Labute approximate surface area is 185 Å². The highest BCUT2D eigenvalue weighted by Crippen LogP contribution is 2.34. The number of nitrogens with one attached hydrogen (secondary N) is 1. The minimum absolute atomic E-state index is 0.129. The Morgan fingerprint density at radius 3 is 2.72 bits per heavy atom. The van der Waals surface area contributed by atoms with E-state index in [1.807, 2.05) is 38.1 Å². The van der Waals surface area contributed by atoms with Crippen LogP contribution in [0.4, 0.5) is 5.82 Å². The second kappa shape index (κ2) is 7.52. The van der Waals surface area contributed by atoms with Gasteiger partial charge in [0.15, 0.2) is 21.3 Å². The maximum Gasteiger partial charge on any atom is 0.249 e. The smallest absolute Gasteiger partial charge is 0.249 e. The van der Waals surface area contributed by atoms with Gasteiger partial charge in [-0.15, -0.1) is 0 Å². The highest BCUT2D eigenvalue weighted by molar-refractivity contribution is 7.90. The predicted molar refractivity (Wildman–Crippen MR) is 120 cm³/mol. The molecule has 0 aliphatic carbocycles. The van der Waals surface area contributed by atoms with Crippen LogP contribution in [0.2, 0.25) is 0 Å². The van der Waals surface area contributed by atoms with Crippen LogP contribution in [-0.4, -0.2) is 30.9 Å². The first-order valence-corrected chi connectivity index (χ1v) is 11.9. The maximum atomic E-state index is 12.8. The molecule has 0 saturated heterocycles. The standard InChI is InChI=1S/C23H21N3O5S/c1-14-3-6-19(15(2)9-14)26-23(17-11-32(28,29)12-18(17)25-26)24-22(27)8-5-16-4-7-20-21(10-16)31-13-30-20/h3-10H,11-13H2,1-2H3,(H,24,27)/b8-5-. The molecule has 1 aromatic heterocycles. The summed E-state index contributed by atoms with van der Waals surface area (Å²) in [6.45, 7) is 4.13. The third kappa shape index (κ3) is 3.75. The molecule has 3 aromatic rings. The SMILES string of the molecule is Cc1ccc(-n2nc3c(c2NC(=O)/C=C\c2ccc4c(c2)OCO4)CS(=O)(=O)C3)c(C)c1. The quantitative estimate of drug-likeness (QED) is 0.611. The van der Waals surface area contributed by atoms with E-state index in [2.05, 4.69) is 10.4 Å². The normalized spacial score (nSPS) is 15.8. The van der Waals surface area contributed by atoms with Crippen molar-refractivity contribution in [3.63, 3.8) is 0 Å². The fraction of sp³-hybridized carbons (Fsp3) is 0.217. The monoisotopic (exact) mass is 451 g/mol. The first-order valence-electron chi connectivity index (χ1n) is 10.1. The van der Waals surface area contributed by atoms with Crippen LogP contribution in [0.3, 0.4) is 0 Å². The number of carbonyl (C=O) groups is 1. The lowest BCUT2D eigenvalue weighted by Crippen LogP contribution is -2.15. The molecule has 32 heavy (non-hydrogen) atoms. The molecule has 1 amide bonds. The van der Waals surface area contributed by atoms with Gasteiger partial charge in [0.2, 0.25) is 12.7 Å². The number of anilines is 1. The molecule has 5 rings (SSSR count). The van der Waals surface area contributed by atoms with E-state index >= 15 is 0 Å². The fourth-order valence-corrected chi connectivity index (χ4v) is 5.43. The number of nitrogens with zero attached hydrogens (tertiary/aromatic N) is 2. The molecule has 2 aromatic carbocycles. The van der Waals surface area contributed by atoms with Gasteiger partial charge in [0.25, 0.3) is 0 Å². The average molecular weight is 452 g/mol. The van der Waals surface area contributed by atoms with E-state index in [0.29, 0.717) is 28.6 Å². The first kappa shape index (κ1) is 20.3. The second-order valence-electron chi connectivity index (χ2n) is 7.94. The summed E-state index contributed by atoms with van der Waals surface area (Å²) in [7, 11) is -3.27. The Hall–Kier alpha value is -3.59. The third-order valence-electron chi connectivity index (χ3n) is 5.43. The van der Waals surface area contributed by atoms with E-state index in [9.17, 15) is 13.2 Å². The summed E-state index contributed by atoms with van der Waals surface area (Å²) < 4.78 is 36.6. The van der Waals surface area contributed by atoms with Crippen LogP contribution in [-0.2, 0) is 26.1 Å². The molecule has 0 fully saturated rings. The topological polar surface area (TPSA) is 99.5 Å². The van der Waals surface area contributed by atoms with E-state index < -0.39 is 9.84 Å². The van der Waals surface area contributed by atoms with E-state index in [1.54, 1.807) is 22.9 Å². The zero-order chi connectivity index (χ0) is 22.5. The van der Waals surface area contributed by atoms with Gasteiger partial charge in [-0.05, 0) is 49.2 Å². The van der Waals surface area contributed by atoms with Crippen molar-refractivity contribution in [2.75, 3.05) is 12.1 Å². The van der Waals surface area contributed by atoms with E-state index in [0.717, 1.165) is 22.4 Å². The number of hydrogen-bond donors (Lipinski definition) is 1. The Bertz CT molecular complexity index is 1390. The Kier molecular flexibility index (Phi) is 4.78. The van der Waals surface area contributed by atoms with Crippen molar-refractivity contribution in [1.82, 2.24) is 9.78 Å². The van der Waals surface area contributed by atoms with Crippen molar-refractivity contribution in [2.45, 2.75) is 25.4 Å². The van der Waals surface area contributed by atoms with Crippen LogP contribution < -0.4 is 14.8 Å². The van der Waals surface area contributed by atoms with E-state index in [-0.39, 0.29) is 24.2 Å². The molecule has 0 saturated carbocycles. The van der Waals surface area contributed by atoms with Crippen LogP contribution in [0.5, 0.6) is 11.5 Å². The molecule has 9 heteroatoms. The van der Waals surface area contributed by atoms with Crippen LogP contribution in [0, 0.1) is 13.8 Å². The van der Waals surface area contributed by atoms with E-state index in [4.69, 9.17) is 9.47 Å². The molecule has 1 N–H and O–H groups in total. The minimum Gasteiger partial charge on any atom is -0.454 e. The number of ether oxygens (including phenoxy) is 2. The highest BCUT2D eigenvalue weighted by Gasteiger charge is 2.33. The van der Waals surface area contributed by atoms with Gasteiger partial charge >= 0.3 is 0 Å². The summed E-state index contributed by atoms with van der Waals surface area (Å²) in [4.78, 5) is 12.8. The third-order valence-corrected chi connectivity index (χ3v) is 6.88. The zero-order valence-electron chi connectivity index (χ0n) is 17.6. The molecular weight excluding hydrogens is 430 g/mol. The van der Waals surface area contributed by atoms with Crippen LogP contribution >= 0.6 is 0 Å². The number of amides is 1. The lowest BCUT2D eigenvalue weighted by atomic mass is 10.1. The molecular formula is C23H21N3O5S. The molecule has 164 valence electrons. The van der Waals surface area contributed by atoms with Gasteiger partial charge < -0.3 is 14.8 Å². The van der Waals surface area contributed by atoms with Crippen molar-refractivity contribution >= 4 is 27.6 Å². The highest BCUT2D eigenvalue weighted by atomic mass is 32.2. The molecule has 8 nitrogen and oxygen atoms in total. The predicted octanol–water partition coefficient (Wildman–Crippen LogP) is 3.30. The second-order valence-corrected chi connectivity index (χ2v) is 10.0. The Balaban J connectivity index is 1.46. The van der Waals surface area contributed by atoms with Crippen molar-refractivity contribution in [1.29, 1.82) is 0 Å². The van der Waals surface area contributed by atoms with Crippen molar-refractivity contribution in [3.05, 3.63) is 70.4 Å². The van der Waals surface area contributed by atoms with Crippen LogP contribution in [0.15, 0.2) is 42.5 Å². The van der Waals surface area contributed by atoms with Gasteiger partial charge in [-0.2, -0.15) is 5.10 Å². The Morgan fingerprint density at radius 1 is 1.09 bits per heavy atom. The number of aryl methyl sites for hydroxylation is 2. The molecule has 0 unspecified atom stereocenters. The molecule has 2 aliphatic heterocycles. The summed E-state index contributed by atoms with van der Waals surface area (Å²) in [5.74, 6) is 1.02. The lowest BCUT2D eigenvalue weighted by Gasteiger charge is -2.12. The van der Waals surface area contributed by atoms with Gasteiger partial charge in [-0.25, -0.2) is 13.1 Å². The van der Waals surface area contributed by atoms with E-state index in [1.165, 1.54) is 6.08 Å². The number of benzene rings is 2. The lowest BCUT2D eigenvalue weighted by molar-refractivity contribution is -0.111. The largest absolute Gasteiger partial charge is 0.454 e. The fourth-order valence-electron chi connectivity index (χ4n) is 3.94. The number of fused-ring (bicyclic) bond motifs is 2.